The van der Waals surface area contributed by atoms with Crippen LogP contribution in [0.5, 0.6) is 11.5 Å². The maximum Gasteiger partial charge on any atom is 0.231 e. The minimum absolute atomic E-state index is 0.00271. The van der Waals surface area contributed by atoms with E-state index in [9.17, 15) is 5.11 Å². The predicted octanol–water partition coefficient (Wildman–Crippen LogP) is 3.31. The van der Waals surface area contributed by atoms with E-state index in [1.54, 1.807) is 0 Å². The number of fused-ring (bicyclic) bond motifs is 3. The number of hydrogen-bond acceptors (Lipinski definition) is 4. The van der Waals surface area contributed by atoms with Crippen LogP contribution < -0.4 is 9.47 Å². The molecular formula is C19H24O4. The first-order chi connectivity index (χ1) is 11.1. The van der Waals surface area contributed by atoms with E-state index in [0.29, 0.717) is 18.4 Å². The first-order valence-electron chi connectivity index (χ1n) is 8.37. The van der Waals surface area contributed by atoms with Gasteiger partial charge < -0.3 is 19.3 Å². The van der Waals surface area contributed by atoms with E-state index in [1.807, 2.05) is 12.1 Å². The molecule has 1 saturated heterocycles. The zero-order valence-corrected chi connectivity index (χ0v) is 13.9. The van der Waals surface area contributed by atoms with Gasteiger partial charge in [-0.1, -0.05) is 31.6 Å². The van der Waals surface area contributed by atoms with Crippen LogP contribution in [0.3, 0.4) is 0 Å². The summed E-state index contributed by atoms with van der Waals surface area (Å²) in [5.41, 5.74) is 2.31. The molecule has 23 heavy (non-hydrogen) atoms. The fourth-order valence-electron chi connectivity index (χ4n) is 4.68. The van der Waals surface area contributed by atoms with Crippen molar-refractivity contribution in [2.24, 2.45) is 23.2 Å². The average molecular weight is 316 g/mol. The molecule has 2 bridgehead atoms. The molecule has 3 aliphatic rings. The van der Waals surface area contributed by atoms with Gasteiger partial charge >= 0.3 is 0 Å². The topological polar surface area (TPSA) is 47.9 Å². The predicted molar refractivity (Wildman–Crippen MR) is 86.4 cm³/mol. The molecule has 0 amide bonds. The molecule has 1 aromatic carbocycles. The number of ether oxygens (including phenoxy) is 3. The Hall–Kier alpha value is -1.52. The summed E-state index contributed by atoms with van der Waals surface area (Å²) >= 11 is 0. The zero-order chi connectivity index (χ0) is 16.2. The Morgan fingerprint density at radius 2 is 2.00 bits per heavy atom. The summed E-state index contributed by atoms with van der Waals surface area (Å²) < 4.78 is 17.2. The minimum Gasteiger partial charge on any atom is -0.454 e. The standard InChI is InChI=1S/C19H24O4/c1-11-6-12(2)19(8-20)9-21-18(17(11)13(19)3)14-4-5-15-16(7-14)23-10-22-15/h4-7,12-13,17-18,20H,8-10H2,1-3H3/t12-,13+,17-,18+,19+/m0/s1. The van der Waals surface area contributed by atoms with E-state index in [4.69, 9.17) is 14.2 Å². The van der Waals surface area contributed by atoms with Crippen LogP contribution in [0, 0.1) is 23.2 Å². The first-order valence-corrected chi connectivity index (χ1v) is 8.37. The van der Waals surface area contributed by atoms with Gasteiger partial charge in [-0.2, -0.15) is 0 Å². The van der Waals surface area contributed by atoms with Crippen LogP contribution in [0.1, 0.15) is 32.4 Å². The van der Waals surface area contributed by atoms with Gasteiger partial charge in [0.05, 0.1) is 19.3 Å². The molecule has 2 heterocycles. The number of aliphatic hydroxyl groups is 1. The van der Waals surface area contributed by atoms with Crippen LogP contribution in [0.4, 0.5) is 0 Å². The molecule has 2 aliphatic heterocycles. The maximum absolute atomic E-state index is 10.1. The molecule has 4 nitrogen and oxygen atoms in total. The Kier molecular flexibility index (Phi) is 3.43. The van der Waals surface area contributed by atoms with E-state index < -0.39 is 0 Å². The van der Waals surface area contributed by atoms with Crippen molar-refractivity contribution >= 4 is 0 Å². The lowest BCUT2D eigenvalue weighted by molar-refractivity contribution is -0.165. The second-order valence-corrected chi connectivity index (χ2v) is 7.25. The Morgan fingerprint density at radius 1 is 1.22 bits per heavy atom. The summed E-state index contributed by atoms with van der Waals surface area (Å²) in [7, 11) is 0. The second-order valence-electron chi connectivity index (χ2n) is 7.25. The van der Waals surface area contributed by atoms with Crippen molar-refractivity contribution in [3.05, 3.63) is 35.4 Å². The van der Waals surface area contributed by atoms with Crippen LogP contribution >= 0.6 is 0 Å². The lowest BCUT2D eigenvalue weighted by atomic mass is 9.56. The summed E-state index contributed by atoms with van der Waals surface area (Å²) in [5, 5.41) is 10.1. The van der Waals surface area contributed by atoms with Crippen molar-refractivity contribution in [3.63, 3.8) is 0 Å². The Labute approximate surface area is 137 Å². The van der Waals surface area contributed by atoms with Gasteiger partial charge in [-0.05, 0) is 36.5 Å². The average Bonchev–Trinajstić information content (AvgIpc) is 3.00. The highest BCUT2D eigenvalue weighted by molar-refractivity contribution is 5.45. The SMILES string of the molecule is CC1=C[C@H](C)[C@@]2(CO)CO[C@H](c3ccc4c(c3)OCO4)[C@@H]1[C@H]2C. The fourth-order valence-corrected chi connectivity index (χ4v) is 4.68. The molecule has 4 rings (SSSR count). The van der Waals surface area contributed by atoms with Crippen molar-refractivity contribution in [2.45, 2.75) is 26.9 Å². The van der Waals surface area contributed by atoms with Gasteiger partial charge in [0.15, 0.2) is 11.5 Å². The second kappa shape index (κ2) is 5.25. The van der Waals surface area contributed by atoms with Gasteiger partial charge in [0.1, 0.15) is 0 Å². The minimum atomic E-state index is -0.170. The Bertz CT molecular complexity index is 653. The summed E-state index contributed by atoms with van der Waals surface area (Å²) in [6, 6.07) is 6.07. The lowest BCUT2D eigenvalue weighted by Gasteiger charge is -2.55. The Balaban J connectivity index is 1.73. The van der Waals surface area contributed by atoms with E-state index in [1.165, 1.54) is 5.57 Å². The number of benzene rings is 1. The summed E-state index contributed by atoms with van der Waals surface area (Å²) in [5.74, 6) is 2.58. The van der Waals surface area contributed by atoms with Gasteiger partial charge in [0, 0.05) is 11.3 Å². The molecule has 1 aromatic rings. The number of aliphatic hydroxyl groups excluding tert-OH is 1. The van der Waals surface area contributed by atoms with Gasteiger partial charge in [-0.25, -0.2) is 0 Å². The van der Waals surface area contributed by atoms with Gasteiger partial charge in [0.25, 0.3) is 0 Å². The lowest BCUT2D eigenvalue weighted by Crippen LogP contribution is -2.53. The molecule has 5 atom stereocenters. The molecule has 0 spiro atoms. The molecule has 1 fully saturated rings. The van der Waals surface area contributed by atoms with E-state index in [2.05, 4.69) is 32.9 Å². The van der Waals surface area contributed by atoms with Crippen LogP contribution in [0.15, 0.2) is 29.8 Å². The van der Waals surface area contributed by atoms with Crippen LogP contribution in [-0.2, 0) is 4.74 Å². The highest BCUT2D eigenvalue weighted by Crippen LogP contribution is 2.56. The third kappa shape index (κ3) is 2.05. The van der Waals surface area contributed by atoms with Crippen molar-refractivity contribution < 1.29 is 19.3 Å². The largest absolute Gasteiger partial charge is 0.454 e. The van der Waals surface area contributed by atoms with Crippen LogP contribution in [0.2, 0.25) is 0 Å². The highest BCUT2D eigenvalue weighted by atomic mass is 16.7. The monoisotopic (exact) mass is 316 g/mol. The van der Waals surface area contributed by atoms with Gasteiger partial charge in [-0.15, -0.1) is 0 Å². The van der Waals surface area contributed by atoms with E-state index in [0.717, 1.165) is 17.1 Å². The molecule has 0 radical (unpaired) electrons. The molecule has 1 N–H and O–H groups in total. The Morgan fingerprint density at radius 3 is 2.78 bits per heavy atom. The van der Waals surface area contributed by atoms with E-state index >= 15 is 0 Å². The third-order valence-corrected chi connectivity index (χ3v) is 6.27. The van der Waals surface area contributed by atoms with Crippen molar-refractivity contribution in [1.29, 1.82) is 0 Å². The number of hydrogen-bond donors (Lipinski definition) is 1. The van der Waals surface area contributed by atoms with Crippen molar-refractivity contribution in [2.75, 3.05) is 20.0 Å². The third-order valence-electron chi connectivity index (χ3n) is 6.27. The summed E-state index contributed by atoms with van der Waals surface area (Å²) in [6.07, 6.45) is 2.33. The summed E-state index contributed by atoms with van der Waals surface area (Å²) in [6.45, 7) is 7.68. The highest BCUT2D eigenvalue weighted by Gasteiger charge is 2.53. The van der Waals surface area contributed by atoms with Crippen LogP contribution in [0.25, 0.3) is 0 Å². The van der Waals surface area contributed by atoms with Crippen molar-refractivity contribution in [3.8, 4) is 11.5 Å². The molecule has 0 unspecified atom stereocenters. The first kappa shape index (κ1) is 15.0. The molecule has 0 saturated carbocycles. The molecule has 1 aliphatic carbocycles. The maximum atomic E-state index is 10.1. The smallest absolute Gasteiger partial charge is 0.231 e. The van der Waals surface area contributed by atoms with Crippen LogP contribution in [-0.4, -0.2) is 25.1 Å². The zero-order valence-electron chi connectivity index (χ0n) is 13.9. The molecule has 0 aromatic heterocycles. The normalized spacial score (nSPS) is 38.3. The number of allylic oxidation sites excluding steroid dienone is 1. The molecule has 4 heteroatoms. The summed E-state index contributed by atoms with van der Waals surface area (Å²) in [4.78, 5) is 0. The van der Waals surface area contributed by atoms with Gasteiger partial charge in [-0.3, -0.25) is 0 Å². The quantitative estimate of drug-likeness (QED) is 0.850. The fraction of sp³-hybridized carbons (Fsp3) is 0.579. The van der Waals surface area contributed by atoms with Gasteiger partial charge in [0.2, 0.25) is 6.79 Å². The van der Waals surface area contributed by atoms with Crippen molar-refractivity contribution in [1.82, 2.24) is 0 Å². The molecule has 124 valence electrons. The number of rotatable bonds is 2. The van der Waals surface area contributed by atoms with E-state index in [-0.39, 0.29) is 30.8 Å². The molecular weight excluding hydrogens is 292 g/mol.